The number of ether oxygens (including phenoxy) is 1. The predicted molar refractivity (Wildman–Crippen MR) is 88.5 cm³/mol. The van der Waals surface area contributed by atoms with E-state index in [9.17, 15) is 14.3 Å². The topological polar surface area (TPSA) is 46.5 Å². The molecule has 23 heavy (non-hydrogen) atoms. The SMILES string of the molecule is CCOc1ccc(C(=O)CCCC2CCC(C)CC2)c(O)c1F. The van der Waals surface area contributed by atoms with Gasteiger partial charge in [-0.15, -0.1) is 0 Å². The Hall–Kier alpha value is -1.58. The molecule has 0 bridgehead atoms. The number of phenolic OH excluding ortho intramolecular Hbond substituents is 1. The highest BCUT2D eigenvalue weighted by molar-refractivity contribution is 5.98. The lowest BCUT2D eigenvalue weighted by atomic mass is 9.80. The first-order valence-corrected chi connectivity index (χ1v) is 8.70. The summed E-state index contributed by atoms with van der Waals surface area (Å²) in [6, 6.07) is 2.86. The van der Waals surface area contributed by atoms with Crippen molar-refractivity contribution in [3.63, 3.8) is 0 Å². The van der Waals surface area contributed by atoms with Gasteiger partial charge in [-0.25, -0.2) is 0 Å². The number of aromatic hydroxyl groups is 1. The number of carbonyl (C=O) groups is 1. The fourth-order valence-corrected chi connectivity index (χ4v) is 3.34. The molecule has 1 saturated carbocycles. The summed E-state index contributed by atoms with van der Waals surface area (Å²) >= 11 is 0. The van der Waals surface area contributed by atoms with E-state index in [1.54, 1.807) is 6.92 Å². The summed E-state index contributed by atoms with van der Waals surface area (Å²) in [7, 11) is 0. The van der Waals surface area contributed by atoms with E-state index >= 15 is 0 Å². The van der Waals surface area contributed by atoms with Gasteiger partial charge in [-0.3, -0.25) is 4.79 Å². The van der Waals surface area contributed by atoms with Crippen molar-refractivity contribution >= 4 is 5.78 Å². The Morgan fingerprint density at radius 1 is 1.30 bits per heavy atom. The smallest absolute Gasteiger partial charge is 0.207 e. The van der Waals surface area contributed by atoms with Crippen molar-refractivity contribution in [1.29, 1.82) is 0 Å². The minimum absolute atomic E-state index is 0.0159. The van der Waals surface area contributed by atoms with Crippen LogP contribution in [0.5, 0.6) is 11.5 Å². The van der Waals surface area contributed by atoms with Crippen LogP contribution in [0.3, 0.4) is 0 Å². The van der Waals surface area contributed by atoms with Gasteiger partial charge in [0.05, 0.1) is 12.2 Å². The van der Waals surface area contributed by atoms with Crippen LogP contribution in [0.2, 0.25) is 0 Å². The van der Waals surface area contributed by atoms with Gasteiger partial charge in [0.1, 0.15) is 0 Å². The van der Waals surface area contributed by atoms with Gasteiger partial charge in [0.2, 0.25) is 5.82 Å². The van der Waals surface area contributed by atoms with Gasteiger partial charge in [-0.1, -0.05) is 39.0 Å². The molecule has 4 heteroatoms. The first kappa shape index (κ1) is 17.8. The fourth-order valence-electron chi connectivity index (χ4n) is 3.34. The number of phenols is 1. The molecule has 0 heterocycles. The summed E-state index contributed by atoms with van der Waals surface area (Å²) in [6.07, 6.45) is 7.25. The van der Waals surface area contributed by atoms with Gasteiger partial charge in [0.25, 0.3) is 0 Å². The molecule has 1 aromatic carbocycles. The van der Waals surface area contributed by atoms with Crippen molar-refractivity contribution < 1.29 is 19.0 Å². The maximum Gasteiger partial charge on any atom is 0.207 e. The lowest BCUT2D eigenvalue weighted by Crippen LogP contribution is -2.12. The second-order valence-electron chi connectivity index (χ2n) is 6.65. The van der Waals surface area contributed by atoms with E-state index in [1.165, 1.54) is 37.8 Å². The minimum atomic E-state index is -0.848. The lowest BCUT2D eigenvalue weighted by Gasteiger charge is -2.25. The monoisotopic (exact) mass is 322 g/mol. The average Bonchev–Trinajstić information content (AvgIpc) is 2.54. The Balaban J connectivity index is 1.87. The number of carbonyl (C=O) groups excluding carboxylic acids is 1. The van der Waals surface area contributed by atoms with Gasteiger partial charge in [-0.05, 0) is 37.3 Å². The Bertz CT molecular complexity index is 534. The molecule has 1 aromatic rings. The highest BCUT2D eigenvalue weighted by atomic mass is 19.1. The summed E-state index contributed by atoms with van der Waals surface area (Å²) in [4.78, 5) is 12.2. The zero-order valence-corrected chi connectivity index (χ0v) is 14.1. The van der Waals surface area contributed by atoms with E-state index in [4.69, 9.17) is 4.74 Å². The van der Waals surface area contributed by atoms with E-state index in [-0.39, 0.29) is 17.1 Å². The van der Waals surface area contributed by atoms with Crippen LogP contribution in [0, 0.1) is 17.7 Å². The third-order valence-corrected chi connectivity index (χ3v) is 4.83. The van der Waals surface area contributed by atoms with Crippen LogP contribution in [0.1, 0.15) is 69.2 Å². The Morgan fingerprint density at radius 2 is 2.00 bits per heavy atom. The molecular formula is C19H27FO3. The molecule has 1 N–H and O–H groups in total. The molecule has 128 valence electrons. The van der Waals surface area contributed by atoms with Crippen molar-refractivity contribution in [2.45, 2.75) is 58.8 Å². The third-order valence-electron chi connectivity index (χ3n) is 4.83. The van der Waals surface area contributed by atoms with E-state index in [2.05, 4.69) is 6.92 Å². The normalized spacial score (nSPS) is 21.2. The van der Waals surface area contributed by atoms with Gasteiger partial charge in [-0.2, -0.15) is 4.39 Å². The van der Waals surface area contributed by atoms with Crippen molar-refractivity contribution in [1.82, 2.24) is 0 Å². The minimum Gasteiger partial charge on any atom is -0.504 e. The maximum atomic E-state index is 13.9. The maximum absolute atomic E-state index is 13.9. The molecule has 2 rings (SSSR count). The second-order valence-corrected chi connectivity index (χ2v) is 6.65. The summed E-state index contributed by atoms with van der Waals surface area (Å²) in [5, 5.41) is 9.88. The van der Waals surface area contributed by atoms with Crippen molar-refractivity contribution in [3.8, 4) is 11.5 Å². The number of hydrogen-bond acceptors (Lipinski definition) is 3. The zero-order valence-electron chi connectivity index (χ0n) is 14.1. The number of halogens is 1. The molecular weight excluding hydrogens is 295 g/mol. The third kappa shape index (κ3) is 4.69. The summed E-state index contributed by atoms with van der Waals surface area (Å²) in [5.74, 6) is -0.112. The molecule has 0 saturated heterocycles. The fraction of sp³-hybridized carbons (Fsp3) is 0.632. The Kier molecular flexibility index (Phi) is 6.43. The lowest BCUT2D eigenvalue weighted by molar-refractivity contribution is 0.0972. The molecule has 0 unspecified atom stereocenters. The first-order valence-electron chi connectivity index (χ1n) is 8.70. The first-order chi connectivity index (χ1) is 11.0. The summed E-state index contributed by atoms with van der Waals surface area (Å²) < 4.78 is 19.0. The van der Waals surface area contributed by atoms with Crippen LogP contribution in [-0.4, -0.2) is 17.5 Å². The molecule has 0 atom stereocenters. The summed E-state index contributed by atoms with van der Waals surface area (Å²) in [6.45, 7) is 4.34. The quantitative estimate of drug-likeness (QED) is 0.710. The van der Waals surface area contributed by atoms with Crippen LogP contribution in [0.15, 0.2) is 12.1 Å². The molecule has 3 nitrogen and oxygen atoms in total. The number of Topliss-reactive ketones (excluding diaryl/α,β-unsaturated/α-hetero) is 1. The van der Waals surface area contributed by atoms with Crippen LogP contribution >= 0.6 is 0 Å². The van der Waals surface area contributed by atoms with Crippen molar-refractivity contribution in [3.05, 3.63) is 23.5 Å². The molecule has 1 aliphatic rings. The Labute approximate surface area is 137 Å². The average molecular weight is 322 g/mol. The van der Waals surface area contributed by atoms with E-state index in [1.807, 2.05) is 0 Å². The predicted octanol–water partition coefficient (Wildman–Crippen LogP) is 5.11. The number of rotatable bonds is 7. The van der Waals surface area contributed by atoms with Gasteiger partial charge >= 0.3 is 0 Å². The van der Waals surface area contributed by atoms with Crippen LogP contribution < -0.4 is 4.74 Å². The van der Waals surface area contributed by atoms with Gasteiger partial charge in [0, 0.05) is 6.42 Å². The molecule has 0 aliphatic heterocycles. The molecule has 1 fully saturated rings. The van der Waals surface area contributed by atoms with Crippen LogP contribution in [0.4, 0.5) is 4.39 Å². The molecule has 0 radical (unpaired) electrons. The highest BCUT2D eigenvalue weighted by Gasteiger charge is 2.20. The number of hydrogen-bond donors (Lipinski definition) is 1. The van der Waals surface area contributed by atoms with Gasteiger partial charge < -0.3 is 9.84 Å². The van der Waals surface area contributed by atoms with Crippen molar-refractivity contribution in [2.75, 3.05) is 6.61 Å². The number of ketones is 1. The molecule has 0 aromatic heterocycles. The largest absolute Gasteiger partial charge is 0.504 e. The van der Waals surface area contributed by atoms with E-state index in [0.717, 1.165) is 18.8 Å². The van der Waals surface area contributed by atoms with Crippen LogP contribution in [0.25, 0.3) is 0 Å². The zero-order chi connectivity index (χ0) is 16.8. The second kappa shape index (κ2) is 8.32. The van der Waals surface area contributed by atoms with Crippen molar-refractivity contribution in [2.24, 2.45) is 11.8 Å². The molecule has 0 amide bonds. The van der Waals surface area contributed by atoms with Gasteiger partial charge in [0.15, 0.2) is 17.3 Å². The number of benzene rings is 1. The highest BCUT2D eigenvalue weighted by Crippen LogP contribution is 2.33. The van der Waals surface area contributed by atoms with E-state index in [0.29, 0.717) is 18.9 Å². The molecule has 0 spiro atoms. The Morgan fingerprint density at radius 3 is 2.65 bits per heavy atom. The van der Waals surface area contributed by atoms with Crippen LogP contribution in [-0.2, 0) is 0 Å². The summed E-state index contributed by atoms with van der Waals surface area (Å²) in [5.41, 5.74) is 0.0585. The standard InChI is InChI=1S/C19H27FO3/c1-3-23-17-12-11-15(19(22)18(17)20)16(21)6-4-5-14-9-7-13(2)8-10-14/h11-14,22H,3-10H2,1-2H3. The van der Waals surface area contributed by atoms with E-state index < -0.39 is 11.6 Å². The molecule has 1 aliphatic carbocycles.